The molecule has 27 heavy (non-hydrogen) atoms. The summed E-state index contributed by atoms with van der Waals surface area (Å²) in [6.45, 7) is 2.68. The third kappa shape index (κ3) is 3.19. The maximum Gasteiger partial charge on any atom is 0.153 e. The second-order valence-electron chi connectivity index (χ2n) is 6.71. The molecule has 0 fully saturated rings. The van der Waals surface area contributed by atoms with Crippen molar-refractivity contribution < 1.29 is 9.57 Å². The van der Waals surface area contributed by atoms with E-state index in [-0.39, 0.29) is 0 Å². The molecule has 0 bridgehead atoms. The summed E-state index contributed by atoms with van der Waals surface area (Å²) < 4.78 is 7.09. The van der Waals surface area contributed by atoms with E-state index in [1.165, 1.54) is 5.56 Å². The number of nitrogens with zero attached hydrogens (tertiary/aromatic N) is 4. The Bertz CT molecular complexity index is 951. The molecule has 0 spiro atoms. The summed E-state index contributed by atoms with van der Waals surface area (Å²) in [7, 11) is 3.61. The van der Waals surface area contributed by atoms with Crippen molar-refractivity contribution in [1.82, 2.24) is 19.8 Å². The highest BCUT2D eigenvalue weighted by molar-refractivity contribution is 5.64. The van der Waals surface area contributed by atoms with Crippen LogP contribution in [0.2, 0.25) is 0 Å². The first kappa shape index (κ1) is 17.3. The van der Waals surface area contributed by atoms with E-state index in [0.29, 0.717) is 6.54 Å². The molecule has 0 N–H and O–H groups in total. The molecule has 0 saturated carbocycles. The molecule has 0 amide bonds. The SMILES string of the molecule is COc1ccc(C2=CC(Cn3cncn3)(c3cccc(C)c3)N(C)O2)cc1. The number of benzene rings is 2. The van der Waals surface area contributed by atoms with Crippen LogP contribution < -0.4 is 4.74 Å². The summed E-state index contributed by atoms with van der Waals surface area (Å²) in [6, 6.07) is 16.3. The molecule has 2 aromatic carbocycles. The van der Waals surface area contributed by atoms with Crippen molar-refractivity contribution in [2.45, 2.75) is 19.0 Å². The fourth-order valence-electron chi connectivity index (χ4n) is 3.43. The van der Waals surface area contributed by atoms with Crippen molar-refractivity contribution in [2.75, 3.05) is 14.2 Å². The second-order valence-corrected chi connectivity index (χ2v) is 6.71. The van der Waals surface area contributed by atoms with Gasteiger partial charge in [0.15, 0.2) is 5.76 Å². The van der Waals surface area contributed by atoms with Gasteiger partial charge in [-0.2, -0.15) is 5.10 Å². The van der Waals surface area contributed by atoms with Crippen molar-refractivity contribution in [3.8, 4) is 5.75 Å². The minimum Gasteiger partial charge on any atom is -0.497 e. The molecule has 0 saturated heterocycles. The molecule has 138 valence electrons. The third-order valence-electron chi connectivity index (χ3n) is 4.93. The van der Waals surface area contributed by atoms with Crippen molar-refractivity contribution >= 4 is 5.76 Å². The topological polar surface area (TPSA) is 52.4 Å². The third-order valence-corrected chi connectivity index (χ3v) is 4.93. The number of hydroxylamine groups is 2. The predicted octanol–water partition coefficient (Wildman–Crippen LogP) is 3.41. The molecule has 6 heteroatoms. The van der Waals surface area contributed by atoms with Crippen molar-refractivity contribution in [2.24, 2.45) is 0 Å². The highest BCUT2D eigenvalue weighted by atomic mass is 16.7. The van der Waals surface area contributed by atoms with Crippen LogP contribution in [0.4, 0.5) is 0 Å². The molecule has 6 nitrogen and oxygen atoms in total. The van der Waals surface area contributed by atoms with Gasteiger partial charge in [-0.3, -0.25) is 4.68 Å². The first-order chi connectivity index (χ1) is 13.1. The Hall–Kier alpha value is -3.12. The average Bonchev–Trinajstić information content (AvgIpc) is 3.31. The Labute approximate surface area is 158 Å². The van der Waals surface area contributed by atoms with Gasteiger partial charge in [0.05, 0.1) is 13.7 Å². The fourth-order valence-corrected chi connectivity index (χ4v) is 3.43. The van der Waals surface area contributed by atoms with E-state index < -0.39 is 5.54 Å². The number of rotatable bonds is 5. The zero-order chi connectivity index (χ0) is 18.9. The van der Waals surface area contributed by atoms with Crippen molar-refractivity contribution in [3.63, 3.8) is 0 Å². The van der Waals surface area contributed by atoms with Crippen LogP contribution in [0.15, 0.2) is 67.3 Å². The Kier molecular flexibility index (Phi) is 4.41. The molecule has 1 atom stereocenters. The van der Waals surface area contributed by atoms with Gasteiger partial charge >= 0.3 is 0 Å². The lowest BCUT2D eigenvalue weighted by Crippen LogP contribution is -2.42. The molecule has 2 heterocycles. The van der Waals surface area contributed by atoms with E-state index in [9.17, 15) is 0 Å². The van der Waals surface area contributed by atoms with E-state index in [4.69, 9.17) is 9.57 Å². The van der Waals surface area contributed by atoms with Crippen LogP contribution in [0.3, 0.4) is 0 Å². The summed E-state index contributed by atoms with van der Waals surface area (Å²) in [5, 5.41) is 6.20. The van der Waals surface area contributed by atoms with Gasteiger partial charge < -0.3 is 9.57 Å². The Morgan fingerprint density at radius 1 is 1.15 bits per heavy atom. The number of ether oxygens (including phenoxy) is 1. The van der Waals surface area contributed by atoms with E-state index in [0.717, 1.165) is 22.6 Å². The van der Waals surface area contributed by atoms with Crippen molar-refractivity contribution in [1.29, 1.82) is 0 Å². The largest absolute Gasteiger partial charge is 0.497 e. The lowest BCUT2D eigenvalue weighted by molar-refractivity contribution is -0.118. The van der Waals surface area contributed by atoms with Crippen molar-refractivity contribution in [3.05, 3.63) is 84.0 Å². The molecule has 0 radical (unpaired) electrons. The van der Waals surface area contributed by atoms with Gasteiger partial charge in [-0.05, 0) is 42.8 Å². The highest BCUT2D eigenvalue weighted by Crippen LogP contribution is 2.41. The lowest BCUT2D eigenvalue weighted by atomic mass is 9.87. The van der Waals surface area contributed by atoms with Crippen LogP contribution in [0, 0.1) is 6.92 Å². The van der Waals surface area contributed by atoms with Gasteiger partial charge in [-0.15, -0.1) is 5.06 Å². The summed E-state index contributed by atoms with van der Waals surface area (Å²) in [5.41, 5.74) is 2.85. The normalized spacial score (nSPS) is 19.6. The van der Waals surface area contributed by atoms with Gasteiger partial charge in [0.1, 0.15) is 23.9 Å². The number of hydrogen-bond acceptors (Lipinski definition) is 5. The Morgan fingerprint density at radius 2 is 1.96 bits per heavy atom. The van der Waals surface area contributed by atoms with E-state index in [1.54, 1.807) is 19.8 Å². The number of hydrogen-bond donors (Lipinski definition) is 0. The predicted molar refractivity (Wildman–Crippen MR) is 103 cm³/mol. The number of aromatic nitrogens is 3. The van der Waals surface area contributed by atoms with Gasteiger partial charge in [-0.25, -0.2) is 4.98 Å². The summed E-state index contributed by atoms with van der Waals surface area (Å²) in [5.74, 6) is 1.63. The minimum absolute atomic E-state index is 0.491. The summed E-state index contributed by atoms with van der Waals surface area (Å²) in [4.78, 5) is 10.3. The van der Waals surface area contributed by atoms with Gasteiger partial charge in [0.2, 0.25) is 0 Å². The number of likely N-dealkylation sites (N-methyl/N-ethyl adjacent to an activating group) is 1. The quantitative estimate of drug-likeness (QED) is 0.696. The smallest absolute Gasteiger partial charge is 0.153 e. The molecule has 1 unspecified atom stereocenters. The summed E-state index contributed by atoms with van der Waals surface area (Å²) in [6.07, 6.45) is 5.43. The second kappa shape index (κ2) is 6.89. The van der Waals surface area contributed by atoms with E-state index >= 15 is 0 Å². The molecular formula is C21H22N4O2. The Balaban J connectivity index is 1.80. The van der Waals surface area contributed by atoms with Crippen LogP contribution in [-0.2, 0) is 16.9 Å². The first-order valence-electron chi connectivity index (χ1n) is 8.79. The summed E-state index contributed by atoms with van der Waals surface area (Å²) >= 11 is 0. The maximum atomic E-state index is 6.17. The average molecular weight is 362 g/mol. The van der Waals surface area contributed by atoms with Crippen LogP contribution in [0.25, 0.3) is 5.76 Å². The zero-order valence-corrected chi connectivity index (χ0v) is 15.7. The molecular weight excluding hydrogens is 340 g/mol. The lowest BCUT2D eigenvalue weighted by Gasteiger charge is -2.33. The van der Waals surface area contributed by atoms with Crippen LogP contribution >= 0.6 is 0 Å². The van der Waals surface area contributed by atoms with Crippen LogP contribution in [0.5, 0.6) is 5.75 Å². The molecule has 3 aromatic rings. The van der Waals surface area contributed by atoms with E-state index in [1.807, 2.05) is 41.1 Å². The first-order valence-corrected chi connectivity index (χ1v) is 8.79. The zero-order valence-electron chi connectivity index (χ0n) is 15.7. The molecule has 1 aromatic heterocycles. The molecule has 0 aliphatic carbocycles. The standard InChI is InChI=1S/C21H22N4O2/c1-16-5-4-6-18(11-16)21(13-25-15-22-14-23-25)12-20(27-24(21)2)17-7-9-19(26-3)10-8-17/h4-12,14-15H,13H2,1-3H3. The molecule has 1 aliphatic heterocycles. The Morgan fingerprint density at radius 3 is 2.63 bits per heavy atom. The maximum absolute atomic E-state index is 6.17. The van der Waals surface area contributed by atoms with Gasteiger partial charge in [0.25, 0.3) is 0 Å². The number of methoxy groups -OCH3 is 1. The molecule has 1 aliphatic rings. The van der Waals surface area contributed by atoms with Crippen LogP contribution in [-0.4, -0.2) is 34.0 Å². The number of aryl methyl sites for hydroxylation is 1. The van der Waals surface area contributed by atoms with Crippen LogP contribution in [0.1, 0.15) is 16.7 Å². The monoisotopic (exact) mass is 362 g/mol. The fraction of sp³-hybridized carbons (Fsp3) is 0.238. The van der Waals surface area contributed by atoms with E-state index in [2.05, 4.69) is 47.3 Å². The van der Waals surface area contributed by atoms with Gasteiger partial charge in [-0.1, -0.05) is 29.8 Å². The highest BCUT2D eigenvalue weighted by Gasteiger charge is 2.43. The molecule has 4 rings (SSSR count). The van der Waals surface area contributed by atoms with Gasteiger partial charge in [0, 0.05) is 12.6 Å². The minimum atomic E-state index is -0.491.